The Balaban J connectivity index is 2.38. The van der Waals surface area contributed by atoms with Gasteiger partial charge in [0.25, 0.3) is 0 Å². The molecule has 1 nitrogen and oxygen atoms in total. The molecule has 0 radical (unpaired) electrons. The van der Waals surface area contributed by atoms with Crippen molar-refractivity contribution in [3.05, 3.63) is 49.1 Å². The molecular weight excluding hydrogens is 216 g/mol. The third-order valence-corrected chi connectivity index (χ3v) is 3.55. The fraction of sp³-hybridized carbons (Fsp3) is 0.143. The highest BCUT2D eigenvalue weighted by Gasteiger charge is 2.04. The van der Waals surface area contributed by atoms with Gasteiger partial charge in [-0.05, 0) is 23.9 Å². The van der Waals surface area contributed by atoms with Gasteiger partial charge in [0.05, 0.1) is 0 Å². The highest BCUT2D eigenvalue weighted by molar-refractivity contribution is 7.99. The van der Waals surface area contributed by atoms with Crippen LogP contribution >= 0.6 is 11.8 Å². The third kappa shape index (κ3) is 2.22. The lowest BCUT2D eigenvalue weighted by Gasteiger charge is -2.06. The fourth-order valence-corrected chi connectivity index (χ4v) is 2.64. The van der Waals surface area contributed by atoms with E-state index in [1.54, 1.807) is 17.8 Å². The van der Waals surface area contributed by atoms with Crippen molar-refractivity contribution in [1.29, 1.82) is 0 Å². The number of benzene rings is 2. The Hall–Kier alpha value is -1.41. The van der Waals surface area contributed by atoms with E-state index in [0.717, 1.165) is 22.9 Å². The maximum atomic E-state index is 9.74. The first-order chi connectivity index (χ1) is 7.83. The monoisotopic (exact) mass is 230 g/mol. The second-order valence-electron chi connectivity index (χ2n) is 3.55. The van der Waals surface area contributed by atoms with Gasteiger partial charge >= 0.3 is 0 Å². The van der Waals surface area contributed by atoms with Gasteiger partial charge in [0, 0.05) is 16.0 Å². The maximum absolute atomic E-state index is 9.74. The molecule has 0 aromatic heterocycles. The Kier molecular flexibility index (Phi) is 3.52. The van der Waals surface area contributed by atoms with E-state index in [1.807, 2.05) is 36.4 Å². The first-order valence-corrected chi connectivity index (χ1v) is 6.26. The summed E-state index contributed by atoms with van der Waals surface area (Å²) in [6, 6.07) is 11.7. The van der Waals surface area contributed by atoms with Gasteiger partial charge < -0.3 is 5.11 Å². The summed E-state index contributed by atoms with van der Waals surface area (Å²) in [4.78, 5) is 1.22. The molecule has 0 unspecified atom stereocenters. The van der Waals surface area contributed by atoms with E-state index in [2.05, 4.69) is 6.58 Å². The zero-order valence-electron chi connectivity index (χ0n) is 9.02. The molecule has 0 bridgehead atoms. The summed E-state index contributed by atoms with van der Waals surface area (Å²) in [5.74, 6) is 1.38. The van der Waals surface area contributed by atoms with Crippen molar-refractivity contribution in [2.45, 2.75) is 11.3 Å². The van der Waals surface area contributed by atoms with Crippen molar-refractivity contribution in [3.63, 3.8) is 0 Å². The molecule has 2 rings (SSSR count). The van der Waals surface area contributed by atoms with Crippen molar-refractivity contribution < 1.29 is 5.11 Å². The van der Waals surface area contributed by atoms with E-state index in [1.165, 1.54) is 4.90 Å². The van der Waals surface area contributed by atoms with Crippen LogP contribution in [-0.4, -0.2) is 10.9 Å². The fourth-order valence-electron chi connectivity index (χ4n) is 1.63. The van der Waals surface area contributed by atoms with Crippen LogP contribution in [0.3, 0.4) is 0 Å². The minimum atomic E-state index is 0.351. The average Bonchev–Trinajstić information content (AvgIpc) is 2.33. The van der Waals surface area contributed by atoms with Gasteiger partial charge in [-0.1, -0.05) is 30.3 Å². The van der Waals surface area contributed by atoms with Crippen LogP contribution in [0, 0.1) is 0 Å². The highest BCUT2D eigenvalue weighted by atomic mass is 32.2. The lowest BCUT2D eigenvalue weighted by Crippen LogP contribution is -1.81. The minimum absolute atomic E-state index is 0.351. The number of rotatable bonds is 4. The molecule has 0 fully saturated rings. The van der Waals surface area contributed by atoms with Gasteiger partial charge in [0.15, 0.2) is 0 Å². The second kappa shape index (κ2) is 5.08. The van der Waals surface area contributed by atoms with E-state index in [-0.39, 0.29) is 0 Å². The molecule has 82 valence electrons. The zero-order valence-corrected chi connectivity index (χ0v) is 9.83. The summed E-state index contributed by atoms with van der Waals surface area (Å²) in [5, 5.41) is 11.8. The van der Waals surface area contributed by atoms with Crippen LogP contribution in [0.2, 0.25) is 0 Å². The quantitative estimate of drug-likeness (QED) is 0.482. The molecule has 0 aliphatic heterocycles. The Morgan fingerprint density at radius 3 is 2.62 bits per heavy atom. The first kappa shape index (κ1) is 11.1. The second-order valence-corrected chi connectivity index (χ2v) is 4.69. The molecule has 0 aliphatic carbocycles. The van der Waals surface area contributed by atoms with E-state index in [0.29, 0.717) is 5.75 Å². The normalized spacial score (nSPS) is 10.5. The lowest BCUT2D eigenvalue weighted by atomic mass is 10.1. The van der Waals surface area contributed by atoms with Gasteiger partial charge in [-0.3, -0.25) is 0 Å². The predicted octanol–water partition coefficient (Wildman–Crippen LogP) is 4.21. The van der Waals surface area contributed by atoms with Gasteiger partial charge in [-0.25, -0.2) is 0 Å². The smallest absolute Gasteiger partial charge is 0.123 e. The van der Waals surface area contributed by atoms with Crippen LogP contribution in [0.25, 0.3) is 10.8 Å². The Labute approximate surface area is 99.8 Å². The van der Waals surface area contributed by atoms with Crippen molar-refractivity contribution in [3.8, 4) is 5.75 Å². The van der Waals surface area contributed by atoms with Gasteiger partial charge in [-0.15, -0.1) is 18.3 Å². The van der Waals surface area contributed by atoms with Crippen LogP contribution in [0.15, 0.2) is 53.9 Å². The third-order valence-electron chi connectivity index (χ3n) is 2.44. The van der Waals surface area contributed by atoms with Crippen molar-refractivity contribution in [1.82, 2.24) is 0 Å². The number of fused-ring (bicyclic) bond motifs is 1. The number of phenolic OH excluding ortho intramolecular Hbond substituents is 1. The Bertz CT molecular complexity index is 505. The number of phenols is 1. The molecule has 0 saturated heterocycles. The molecule has 0 amide bonds. The highest BCUT2D eigenvalue weighted by Crippen LogP contribution is 2.33. The molecule has 2 heteroatoms. The Morgan fingerprint density at radius 2 is 1.88 bits per heavy atom. The van der Waals surface area contributed by atoms with Crippen LogP contribution in [-0.2, 0) is 0 Å². The molecule has 2 aromatic carbocycles. The number of allylic oxidation sites excluding steroid dienone is 1. The molecule has 0 saturated carbocycles. The van der Waals surface area contributed by atoms with Gasteiger partial charge in [-0.2, -0.15) is 0 Å². The van der Waals surface area contributed by atoms with Gasteiger partial charge in [0.1, 0.15) is 5.75 Å². The molecule has 0 aliphatic rings. The van der Waals surface area contributed by atoms with Crippen molar-refractivity contribution in [2.24, 2.45) is 0 Å². The number of aromatic hydroxyl groups is 1. The summed E-state index contributed by atoms with van der Waals surface area (Å²) in [7, 11) is 0. The summed E-state index contributed by atoms with van der Waals surface area (Å²) in [5.41, 5.74) is 0. The molecule has 0 heterocycles. The SMILES string of the molecule is C=CCCSc1ccc(O)c2ccccc12. The van der Waals surface area contributed by atoms with Crippen molar-refractivity contribution >= 4 is 22.5 Å². The summed E-state index contributed by atoms with van der Waals surface area (Å²) >= 11 is 1.80. The van der Waals surface area contributed by atoms with Crippen LogP contribution in [0.1, 0.15) is 6.42 Å². The summed E-state index contributed by atoms with van der Waals surface area (Å²) in [6.07, 6.45) is 2.93. The van der Waals surface area contributed by atoms with E-state index in [4.69, 9.17) is 0 Å². The molecule has 1 N–H and O–H groups in total. The molecule has 2 aromatic rings. The largest absolute Gasteiger partial charge is 0.507 e. The van der Waals surface area contributed by atoms with E-state index < -0.39 is 0 Å². The van der Waals surface area contributed by atoms with Crippen LogP contribution in [0.4, 0.5) is 0 Å². The van der Waals surface area contributed by atoms with Crippen LogP contribution < -0.4 is 0 Å². The lowest BCUT2D eigenvalue weighted by molar-refractivity contribution is 0.481. The van der Waals surface area contributed by atoms with Crippen LogP contribution in [0.5, 0.6) is 5.75 Å². The van der Waals surface area contributed by atoms with Crippen molar-refractivity contribution in [2.75, 3.05) is 5.75 Å². The van der Waals surface area contributed by atoms with E-state index >= 15 is 0 Å². The topological polar surface area (TPSA) is 20.2 Å². The van der Waals surface area contributed by atoms with E-state index in [9.17, 15) is 5.11 Å². The minimum Gasteiger partial charge on any atom is -0.507 e. The maximum Gasteiger partial charge on any atom is 0.123 e. The first-order valence-electron chi connectivity index (χ1n) is 5.27. The average molecular weight is 230 g/mol. The molecular formula is C14H14OS. The molecule has 0 spiro atoms. The van der Waals surface area contributed by atoms with Gasteiger partial charge in [0.2, 0.25) is 0 Å². The Morgan fingerprint density at radius 1 is 1.12 bits per heavy atom. The predicted molar refractivity (Wildman–Crippen MR) is 71.2 cm³/mol. The molecule has 16 heavy (non-hydrogen) atoms. The molecule has 0 atom stereocenters. The number of hydrogen-bond acceptors (Lipinski definition) is 2. The zero-order chi connectivity index (χ0) is 11.4. The standard InChI is InChI=1S/C14H14OS/c1-2-3-10-16-14-9-8-13(15)11-6-4-5-7-12(11)14/h2,4-9,15H,1,3,10H2. The number of thioether (sulfide) groups is 1. The number of hydrogen-bond donors (Lipinski definition) is 1. The summed E-state index contributed by atoms with van der Waals surface area (Å²) < 4.78 is 0. The summed E-state index contributed by atoms with van der Waals surface area (Å²) in [6.45, 7) is 3.71.